The molecule has 0 aromatic carbocycles. The van der Waals surface area contributed by atoms with Crippen LogP contribution in [0.2, 0.25) is 0 Å². The van der Waals surface area contributed by atoms with Crippen LogP contribution in [0.4, 0.5) is 0 Å². The second kappa shape index (κ2) is 3.80. The number of aromatic amines is 1. The van der Waals surface area contributed by atoms with E-state index in [2.05, 4.69) is 31.8 Å². The van der Waals surface area contributed by atoms with E-state index < -0.39 is 5.97 Å². The molecule has 0 bridgehead atoms. The van der Waals surface area contributed by atoms with Crippen LogP contribution in [-0.4, -0.2) is 28.3 Å². The van der Waals surface area contributed by atoms with Gasteiger partial charge in [-0.25, -0.2) is 4.79 Å². The number of rotatable bonds is 0. The van der Waals surface area contributed by atoms with Crippen LogP contribution in [0, 0.1) is 11.8 Å². The van der Waals surface area contributed by atoms with Gasteiger partial charge < -0.3 is 4.74 Å². The summed E-state index contributed by atoms with van der Waals surface area (Å²) in [6.07, 6.45) is 3.20. The Morgan fingerprint density at radius 2 is 2.40 bits per heavy atom. The SMILES string of the molecule is COC(=O)C#Cc1cnc2cn[nH]c2c1. The number of pyridine rings is 1. The molecule has 0 aliphatic rings. The second-order valence-corrected chi connectivity index (χ2v) is 2.77. The topological polar surface area (TPSA) is 67.9 Å². The van der Waals surface area contributed by atoms with Crippen LogP contribution in [0.1, 0.15) is 5.56 Å². The van der Waals surface area contributed by atoms with Crippen molar-refractivity contribution in [3.63, 3.8) is 0 Å². The quantitative estimate of drug-likeness (QED) is 0.497. The molecule has 74 valence electrons. The molecule has 0 atom stereocenters. The maximum atomic E-state index is 10.8. The second-order valence-electron chi connectivity index (χ2n) is 2.77. The van der Waals surface area contributed by atoms with Gasteiger partial charge in [-0.3, -0.25) is 10.1 Å². The summed E-state index contributed by atoms with van der Waals surface area (Å²) in [5, 5.41) is 6.59. The number of aromatic nitrogens is 3. The molecular weight excluding hydrogens is 194 g/mol. The zero-order valence-electron chi connectivity index (χ0n) is 7.94. The predicted molar refractivity (Wildman–Crippen MR) is 52.8 cm³/mol. The summed E-state index contributed by atoms with van der Waals surface area (Å²) in [6.45, 7) is 0. The fourth-order valence-electron chi connectivity index (χ4n) is 1.07. The van der Waals surface area contributed by atoms with Gasteiger partial charge in [-0.2, -0.15) is 5.10 Å². The Balaban J connectivity index is 2.35. The largest absolute Gasteiger partial charge is 0.459 e. The summed E-state index contributed by atoms with van der Waals surface area (Å²) in [7, 11) is 1.29. The average Bonchev–Trinajstić information content (AvgIpc) is 2.72. The number of hydrogen-bond donors (Lipinski definition) is 1. The molecule has 5 heteroatoms. The third-order valence-electron chi connectivity index (χ3n) is 1.78. The number of carbonyl (C=O) groups excluding carboxylic acids is 1. The Labute approximate surface area is 85.5 Å². The van der Waals surface area contributed by atoms with Gasteiger partial charge in [0.25, 0.3) is 0 Å². The molecule has 0 radical (unpaired) electrons. The summed E-state index contributed by atoms with van der Waals surface area (Å²) < 4.78 is 4.39. The van der Waals surface area contributed by atoms with Crippen molar-refractivity contribution in [2.75, 3.05) is 7.11 Å². The fourth-order valence-corrected chi connectivity index (χ4v) is 1.07. The lowest BCUT2D eigenvalue weighted by molar-refractivity contribution is -0.133. The molecule has 5 nitrogen and oxygen atoms in total. The third kappa shape index (κ3) is 1.94. The highest BCUT2D eigenvalue weighted by Gasteiger charge is 1.97. The van der Waals surface area contributed by atoms with E-state index in [0.717, 1.165) is 11.0 Å². The Bertz CT molecular complexity index is 563. The summed E-state index contributed by atoms with van der Waals surface area (Å²) in [5.41, 5.74) is 2.18. The summed E-state index contributed by atoms with van der Waals surface area (Å²) in [5.74, 6) is 4.39. The molecule has 0 saturated heterocycles. The van der Waals surface area contributed by atoms with E-state index in [9.17, 15) is 4.79 Å². The number of ether oxygens (including phenoxy) is 1. The molecule has 0 amide bonds. The van der Waals surface area contributed by atoms with E-state index in [1.165, 1.54) is 7.11 Å². The first-order valence-corrected chi connectivity index (χ1v) is 4.18. The minimum absolute atomic E-state index is 0.570. The maximum absolute atomic E-state index is 10.8. The van der Waals surface area contributed by atoms with Gasteiger partial charge in [-0.05, 0) is 6.07 Å². The van der Waals surface area contributed by atoms with Crippen LogP contribution < -0.4 is 0 Å². The van der Waals surface area contributed by atoms with Gasteiger partial charge >= 0.3 is 5.97 Å². The first-order chi connectivity index (χ1) is 7.29. The van der Waals surface area contributed by atoms with Crippen molar-refractivity contribution in [1.82, 2.24) is 15.2 Å². The minimum Gasteiger partial charge on any atom is -0.459 e. The van der Waals surface area contributed by atoms with Gasteiger partial charge in [0.15, 0.2) is 0 Å². The molecular formula is C10H7N3O2. The van der Waals surface area contributed by atoms with Gasteiger partial charge in [0.2, 0.25) is 0 Å². The minimum atomic E-state index is -0.570. The van der Waals surface area contributed by atoms with E-state index in [1.807, 2.05) is 0 Å². The lowest BCUT2D eigenvalue weighted by atomic mass is 10.2. The average molecular weight is 201 g/mol. The van der Waals surface area contributed by atoms with E-state index in [0.29, 0.717) is 5.56 Å². The van der Waals surface area contributed by atoms with E-state index in [1.54, 1.807) is 18.5 Å². The first kappa shape index (κ1) is 9.21. The fraction of sp³-hybridized carbons (Fsp3) is 0.100. The van der Waals surface area contributed by atoms with Crippen LogP contribution >= 0.6 is 0 Å². The van der Waals surface area contributed by atoms with Crippen molar-refractivity contribution < 1.29 is 9.53 Å². The molecule has 0 aliphatic carbocycles. The van der Waals surface area contributed by atoms with Crippen molar-refractivity contribution in [1.29, 1.82) is 0 Å². The number of fused-ring (bicyclic) bond motifs is 1. The molecule has 0 fully saturated rings. The highest BCUT2D eigenvalue weighted by atomic mass is 16.5. The van der Waals surface area contributed by atoms with Crippen LogP contribution in [0.15, 0.2) is 18.5 Å². The zero-order chi connectivity index (χ0) is 10.7. The Hall–Kier alpha value is -2.35. The number of nitrogens with zero attached hydrogens (tertiary/aromatic N) is 2. The number of methoxy groups -OCH3 is 1. The standard InChI is InChI=1S/C10H7N3O2/c1-15-10(14)3-2-7-4-8-9(11-5-7)6-12-13-8/h4-6H,1H3,(H,12,13). The van der Waals surface area contributed by atoms with Crippen molar-refractivity contribution >= 4 is 17.0 Å². The van der Waals surface area contributed by atoms with E-state index >= 15 is 0 Å². The Kier molecular flexibility index (Phi) is 2.33. The molecule has 2 heterocycles. The van der Waals surface area contributed by atoms with Crippen molar-refractivity contribution in [2.24, 2.45) is 0 Å². The first-order valence-electron chi connectivity index (χ1n) is 4.18. The monoisotopic (exact) mass is 201 g/mol. The molecule has 1 N–H and O–H groups in total. The van der Waals surface area contributed by atoms with Crippen molar-refractivity contribution in [3.05, 3.63) is 24.0 Å². The molecule has 2 aromatic rings. The van der Waals surface area contributed by atoms with Crippen LogP contribution in [0.25, 0.3) is 11.0 Å². The van der Waals surface area contributed by atoms with E-state index in [-0.39, 0.29) is 0 Å². The number of hydrogen-bond acceptors (Lipinski definition) is 4. The molecule has 2 rings (SSSR count). The normalized spacial score (nSPS) is 9.40. The molecule has 0 spiro atoms. The molecule has 0 unspecified atom stereocenters. The number of nitrogens with one attached hydrogen (secondary N) is 1. The molecule has 15 heavy (non-hydrogen) atoms. The Morgan fingerprint density at radius 3 is 3.20 bits per heavy atom. The predicted octanol–water partition coefficient (Wildman–Crippen LogP) is 0.482. The highest BCUT2D eigenvalue weighted by molar-refractivity contribution is 5.89. The smallest absolute Gasteiger partial charge is 0.384 e. The van der Waals surface area contributed by atoms with E-state index in [4.69, 9.17) is 0 Å². The van der Waals surface area contributed by atoms with Crippen LogP contribution in [-0.2, 0) is 9.53 Å². The van der Waals surface area contributed by atoms with Gasteiger partial charge in [-0.1, -0.05) is 5.92 Å². The lowest BCUT2D eigenvalue weighted by Gasteiger charge is -1.89. The summed E-state index contributed by atoms with van der Waals surface area (Å²) >= 11 is 0. The summed E-state index contributed by atoms with van der Waals surface area (Å²) in [4.78, 5) is 14.9. The third-order valence-corrected chi connectivity index (χ3v) is 1.78. The van der Waals surface area contributed by atoms with Crippen molar-refractivity contribution in [2.45, 2.75) is 0 Å². The zero-order valence-corrected chi connectivity index (χ0v) is 7.94. The number of esters is 1. The maximum Gasteiger partial charge on any atom is 0.384 e. The van der Waals surface area contributed by atoms with Gasteiger partial charge in [0.1, 0.15) is 5.52 Å². The molecule has 0 aliphatic heterocycles. The van der Waals surface area contributed by atoms with Gasteiger partial charge in [0.05, 0.1) is 18.8 Å². The number of carbonyl (C=O) groups is 1. The van der Waals surface area contributed by atoms with Gasteiger partial charge in [0, 0.05) is 17.7 Å². The van der Waals surface area contributed by atoms with Crippen LogP contribution in [0.5, 0.6) is 0 Å². The Morgan fingerprint density at radius 1 is 1.53 bits per heavy atom. The highest BCUT2D eigenvalue weighted by Crippen LogP contribution is 2.07. The number of H-pyrrole nitrogens is 1. The summed E-state index contributed by atoms with van der Waals surface area (Å²) in [6, 6.07) is 1.77. The molecule has 0 saturated carbocycles. The van der Waals surface area contributed by atoms with Crippen molar-refractivity contribution in [3.8, 4) is 11.8 Å². The van der Waals surface area contributed by atoms with Gasteiger partial charge in [-0.15, -0.1) is 0 Å². The van der Waals surface area contributed by atoms with Crippen LogP contribution in [0.3, 0.4) is 0 Å². The lowest BCUT2D eigenvalue weighted by Crippen LogP contribution is -1.94. The molecule has 2 aromatic heterocycles.